The zero-order valence-corrected chi connectivity index (χ0v) is 9.84. The number of carbonyl (C=O) groups is 1. The predicted octanol–water partition coefficient (Wildman–Crippen LogP) is 1.66. The van der Waals surface area contributed by atoms with Crippen LogP contribution in [0.1, 0.15) is 24.2 Å². The molecule has 1 aromatic rings. The second-order valence-electron chi connectivity index (χ2n) is 3.55. The number of carbonyl (C=O) groups excluding carboxylic acids is 1. The molecule has 0 saturated heterocycles. The van der Waals surface area contributed by atoms with Crippen molar-refractivity contribution in [3.63, 3.8) is 0 Å². The maximum absolute atomic E-state index is 12.0. The highest BCUT2D eigenvalue weighted by atomic mass is 16.6. The minimum absolute atomic E-state index is 0.166. The van der Waals surface area contributed by atoms with Crippen LogP contribution < -0.4 is 5.73 Å². The molecule has 0 aliphatic carbocycles. The molecular formula is C11H15N3O3. The molecule has 0 heterocycles. The van der Waals surface area contributed by atoms with Gasteiger partial charge in [0.25, 0.3) is 11.6 Å². The van der Waals surface area contributed by atoms with Crippen molar-refractivity contribution < 1.29 is 9.72 Å². The fourth-order valence-corrected chi connectivity index (χ4v) is 1.56. The van der Waals surface area contributed by atoms with Gasteiger partial charge in [-0.05, 0) is 19.9 Å². The lowest BCUT2D eigenvalue weighted by Gasteiger charge is -2.18. The van der Waals surface area contributed by atoms with Gasteiger partial charge >= 0.3 is 0 Å². The maximum atomic E-state index is 12.0. The van der Waals surface area contributed by atoms with Gasteiger partial charge in [-0.15, -0.1) is 0 Å². The van der Waals surface area contributed by atoms with E-state index in [1.54, 1.807) is 4.90 Å². The number of hydrogen-bond acceptors (Lipinski definition) is 4. The van der Waals surface area contributed by atoms with Crippen LogP contribution in [0.4, 0.5) is 11.4 Å². The highest BCUT2D eigenvalue weighted by molar-refractivity contribution is 5.95. The summed E-state index contributed by atoms with van der Waals surface area (Å²) in [6.45, 7) is 4.81. The summed E-state index contributed by atoms with van der Waals surface area (Å²) in [6.07, 6.45) is 0. The standard InChI is InChI=1S/C11H15N3O3/c1-3-13(4-2)11(15)8-5-9(12)7-10(6-8)14(16)17/h5-7H,3-4,12H2,1-2H3. The molecule has 0 atom stereocenters. The van der Waals surface area contributed by atoms with Crippen LogP contribution in [-0.4, -0.2) is 28.8 Å². The van der Waals surface area contributed by atoms with Gasteiger partial charge in [0.2, 0.25) is 0 Å². The number of hydrogen-bond donors (Lipinski definition) is 1. The van der Waals surface area contributed by atoms with Crippen LogP contribution in [0, 0.1) is 10.1 Å². The van der Waals surface area contributed by atoms with Crippen molar-refractivity contribution in [3.05, 3.63) is 33.9 Å². The molecule has 2 N–H and O–H groups in total. The summed E-state index contributed by atoms with van der Waals surface area (Å²) in [4.78, 5) is 23.7. The average Bonchev–Trinajstić information content (AvgIpc) is 2.29. The molecule has 0 spiro atoms. The average molecular weight is 237 g/mol. The number of nitro groups is 1. The van der Waals surface area contributed by atoms with Gasteiger partial charge in [-0.3, -0.25) is 14.9 Å². The molecule has 0 fully saturated rings. The normalized spacial score (nSPS) is 10.0. The van der Waals surface area contributed by atoms with Crippen LogP contribution >= 0.6 is 0 Å². The molecule has 0 bridgehead atoms. The van der Waals surface area contributed by atoms with Crippen molar-refractivity contribution in [1.82, 2.24) is 4.90 Å². The van der Waals surface area contributed by atoms with E-state index in [0.717, 1.165) is 0 Å². The lowest BCUT2D eigenvalue weighted by atomic mass is 10.1. The number of nitrogen functional groups attached to an aromatic ring is 1. The smallest absolute Gasteiger partial charge is 0.272 e. The van der Waals surface area contributed by atoms with Crippen LogP contribution in [0.3, 0.4) is 0 Å². The Kier molecular flexibility index (Phi) is 4.03. The highest BCUT2D eigenvalue weighted by Gasteiger charge is 2.17. The summed E-state index contributed by atoms with van der Waals surface area (Å²) in [5.41, 5.74) is 5.84. The van der Waals surface area contributed by atoms with Crippen molar-refractivity contribution in [1.29, 1.82) is 0 Å². The molecule has 0 saturated carbocycles. The largest absolute Gasteiger partial charge is 0.399 e. The van der Waals surface area contributed by atoms with Gasteiger partial charge in [-0.1, -0.05) is 0 Å². The molecule has 0 radical (unpaired) electrons. The third-order valence-corrected chi connectivity index (χ3v) is 2.45. The molecule has 0 aromatic heterocycles. The Morgan fingerprint density at radius 2 is 1.94 bits per heavy atom. The van der Waals surface area contributed by atoms with Crippen LogP contribution in [0.15, 0.2) is 18.2 Å². The Morgan fingerprint density at radius 1 is 1.35 bits per heavy atom. The van der Waals surface area contributed by atoms with Crippen LogP contribution in [0.2, 0.25) is 0 Å². The number of nitrogens with zero attached hydrogens (tertiary/aromatic N) is 2. The Bertz CT molecular complexity index is 442. The Morgan fingerprint density at radius 3 is 2.41 bits per heavy atom. The Balaban J connectivity index is 3.13. The molecule has 6 heteroatoms. The molecular weight excluding hydrogens is 222 g/mol. The van der Waals surface area contributed by atoms with Crippen LogP contribution in [-0.2, 0) is 0 Å². The number of amides is 1. The predicted molar refractivity (Wildman–Crippen MR) is 64.8 cm³/mol. The third-order valence-electron chi connectivity index (χ3n) is 2.45. The highest BCUT2D eigenvalue weighted by Crippen LogP contribution is 2.19. The first-order chi connectivity index (χ1) is 7.99. The zero-order valence-electron chi connectivity index (χ0n) is 9.84. The number of rotatable bonds is 4. The van der Waals surface area contributed by atoms with Gasteiger partial charge in [0.05, 0.1) is 4.92 Å². The summed E-state index contributed by atoms with van der Waals surface area (Å²) < 4.78 is 0. The fraction of sp³-hybridized carbons (Fsp3) is 0.364. The van der Waals surface area contributed by atoms with E-state index >= 15 is 0 Å². The molecule has 92 valence electrons. The molecule has 0 unspecified atom stereocenters. The van der Waals surface area contributed by atoms with Crippen molar-refractivity contribution in [3.8, 4) is 0 Å². The van der Waals surface area contributed by atoms with E-state index in [9.17, 15) is 14.9 Å². The van der Waals surface area contributed by atoms with Gasteiger partial charge < -0.3 is 10.6 Å². The minimum Gasteiger partial charge on any atom is -0.399 e. The SMILES string of the molecule is CCN(CC)C(=O)c1cc(N)cc([N+](=O)[O-])c1. The molecule has 1 rings (SSSR count). The Labute approximate surface area is 99.2 Å². The number of anilines is 1. The monoisotopic (exact) mass is 237 g/mol. The van der Waals surface area contributed by atoms with E-state index in [4.69, 9.17) is 5.73 Å². The molecule has 1 amide bonds. The summed E-state index contributed by atoms with van der Waals surface area (Å²) in [5, 5.41) is 10.7. The van der Waals surface area contributed by atoms with Crippen LogP contribution in [0.25, 0.3) is 0 Å². The summed E-state index contributed by atoms with van der Waals surface area (Å²) >= 11 is 0. The van der Waals surface area contributed by atoms with E-state index < -0.39 is 4.92 Å². The molecule has 0 aliphatic heterocycles. The quantitative estimate of drug-likeness (QED) is 0.490. The van der Waals surface area contributed by atoms with E-state index in [-0.39, 0.29) is 22.8 Å². The van der Waals surface area contributed by atoms with Crippen molar-refractivity contribution >= 4 is 17.3 Å². The second kappa shape index (κ2) is 5.29. The van der Waals surface area contributed by atoms with Crippen molar-refractivity contribution in [2.24, 2.45) is 0 Å². The summed E-state index contributed by atoms with van der Waals surface area (Å²) in [7, 11) is 0. The Hall–Kier alpha value is -2.11. The number of nitro benzene ring substituents is 1. The van der Waals surface area contributed by atoms with Gasteiger partial charge in [0, 0.05) is 36.5 Å². The van der Waals surface area contributed by atoms with E-state index in [0.29, 0.717) is 13.1 Å². The molecule has 1 aromatic carbocycles. The number of benzene rings is 1. The summed E-state index contributed by atoms with van der Waals surface area (Å²) in [5.74, 6) is -0.245. The summed E-state index contributed by atoms with van der Waals surface area (Å²) in [6, 6.07) is 3.93. The lowest BCUT2D eigenvalue weighted by molar-refractivity contribution is -0.384. The topological polar surface area (TPSA) is 89.5 Å². The molecule has 0 aliphatic rings. The zero-order chi connectivity index (χ0) is 13.0. The minimum atomic E-state index is -0.560. The first-order valence-electron chi connectivity index (χ1n) is 5.33. The van der Waals surface area contributed by atoms with Crippen molar-refractivity contribution in [2.45, 2.75) is 13.8 Å². The molecule has 17 heavy (non-hydrogen) atoms. The van der Waals surface area contributed by atoms with Crippen LogP contribution in [0.5, 0.6) is 0 Å². The van der Waals surface area contributed by atoms with E-state index in [2.05, 4.69) is 0 Å². The molecule has 6 nitrogen and oxygen atoms in total. The number of nitrogens with two attached hydrogens (primary N) is 1. The first-order valence-corrected chi connectivity index (χ1v) is 5.33. The fourth-order valence-electron chi connectivity index (χ4n) is 1.56. The first kappa shape index (κ1) is 13.0. The van der Waals surface area contributed by atoms with E-state index in [1.165, 1.54) is 18.2 Å². The van der Waals surface area contributed by atoms with Gasteiger partial charge in [0.15, 0.2) is 0 Å². The van der Waals surface area contributed by atoms with E-state index in [1.807, 2.05) is 13.8 Å². The maximum Gasteiger partial charge on any atom is 0.272 e. The van der Waals surface area contributed by atoms with Crippen molar-refractivity contribution in [2.75, 3.05) is 18.8 Å². The lowest BCUT2D eigenvalue weighted by Crippen LogP contribution is -2.30. The van der Waals surface area contributed by atoms with Gasteiger partial charge in [-0.2, -0.15) is 0 Å². The van der Waals surface area contributed by atoms with Gasteiger partial charge in [-0.25, -0.2) is 0 Å². The number of non-ortho nitro benzene ring substituents is 1. The third kappa shape index (κ3) is 2.93. The second-order valence-corrected chi connectivity index (χ2v) is 3.55. The van der Waals surface area contributed by atoms with Gasteiger partial charge in [0.1, 0.15) is 0 Å².